The number of carbonyl (C=O) groups excluding carboxylic acids is 3. The van der Waals surface area contributed by atoms with Crippen LogP contribution in [0.2, 0.25) is 0 Å². The van der Waals surface area contributed by atoms with Gasteiger partial charge in [-0.25, -0.2) is 0 Å². The molecule has 0 aliphatic rings. The smallest absolute Gasteiger partial charge is 0.164 e. The van der Waals surface area contributed by atoms with E-state index in [1.165, 1.54) is 49.6 Å². The number of ketones is 2. The number of aryl methyl sites for hydroxylation is 2. The van der Waals surface area contributed by atoms with Crippen LogP contribution >= 0.6 is 0 Å². The van der Waals surface area contributed by atoms with E-state index in [9.17, 15) is 24.6 Å². The average Bonchev–Trinajstić information content (AvgIpc) is 3.13. The molecule has 5 N–H and O–H groups in total. The molecule has 0 aromatic heterocycles. The number of ether oxygens (including phenoxy) is 2. The summed E-state index contributed by atoms with van der Waals surface area (Å²) in [7, 11) is 3.05. The molecule has 4 aromatic carbocycles. The number of phenolic OH excluding ortho intramolecular Hbond substituents is 2. The Bertz CT molecular complexity index is 1770. The fourth-order valence-corrected chi connectivity index (χ4v) is 3.92. The summed E-state index contributed by atoms with van der Waals surface area (Å²) in [4.78, 5) is 34.4. The van der Waals surface area contributed by atoms with Crippen LogP contribution in [-0.4, -0.2) is 57.6 Å². The van der Waals surface area contributed by atoms with Crippen molar-refractivity contribution in [2.75, 3.05) is 14.2 Å². The van der Waals surface area contributed by atoms with Crippen molar-refractivity contribution in [3.05, 3.63) is 130 Å². The van der Waals surface area contributed by atoms with E-state index in [1.807, 2.05) is 38.1 Å². The minimum Gasteiger partial charge on any atom is -0.508 e. The predicted octanol–water partition coefficient (Wildman–Crippen LogP) is 9.12. The van der Waals surface area contributed by atoms with Crippen LogP contribution in [0.15, 0.2) is 97.1 Å². The SMILES string of the molecule is CC(C)(C)C(=O)/C=C(\O)c1cc(C=O)cc(CO)c1.COc1cc(OC)cc(/C(O)=C/C(=O)C(C)(C)C)c1.Cc1ccc(O)cc1.Cc1ccc(O)cc1.[Ti]. The van der Waals surface area contributed by atoms with E-state index in [1.54, 1.807) is 84.0 Å². The van der Waals surface area contributed by atoms with Gasteiger partial charge in [0, 0.05) is 67.5 Å². The third kappa shape index (κ3) is 19.1. The first-order valence-corrected chi connectivity index (χ1v) is 17.0. The van der Waals surface area contributed by atoms with E-state index in [2.05, 4.69) is 0 Å². The van der Waals surface area contributed by atoms with Crippen molar-refractivity contribution in [1.82, 2.24) is 0 Å². The molecule has 4 rings (SSSR count). The average molecular weight is 791 g/mol. The van der Waals surface area contributed by atoms with Crippen molar-refractivity contribution >= 4 is 29.4 Å². The molecule has 0 fully saturated rings. The Morgan fingerprint density at radius 3 is 1.27 bits per heavy atom. The van der Waals surface area contributed by atoms with Gasteiger partial charge in [0.1, 0.15) is 40.8 Å². The zero-order valence-electron chi connectivity index (χ0n) is 33.3. The van der Waals surface area contributed by atoms with E-state index in [0.717, 1.165) is 6.08 Å². The number of hydrogen-bond donors (Lipinski definition) is 5. The third-order valence-electron chi connectivity index (χ3n) is 7.36. The molecule has 11 heteroatoms. The molecule has 0 atom stereocenters. The fraction of sp³-hybridized carbons (Fsp3) is 0.295. The number of aldehydes is 1. The molecule has 0 amide bonds. The van der Waals surface area contributed by atoms with Gasteiger partial charge in [0.2, 0.25) is 0 Å². The second-order valence-electron chi connectivity index (χ2n) is 14.3. The Labute approximate surface area is 339 Å². The Hall–Kier alpha value is -5.16. The quantitative estimate of drug-likeness (QED) is 0.0502. The molecule has 10 nitrogen and oxygen atoms in total. The van der Waals surface area contributed by atoms with Gasteiger partial charge in [-0.1, -0.05) is 76.9 Å². The number of aliphatic hydroxyl groups is 3. The zero-order chi connectivity index (χ0) is 41.2. The molecule has 0 aliphatic carbocycles. The van der Waals surface area contributed by atoms with E-state index in [-0.39, 0.29) is 51.4 Å². The van der Waals surface area contributed by atoms with Crippen LogP contribution in [0.25, 0.3) is 11.5 Å². The standard InChI is InChI=1S/C15H20O4.C15H18O4.2C7H8O.Ti/c1-15(2,3)14(17)9-13(16)10-6-11(18-4)8-12(7-10)19-5;1-15(2,3)14(19)7-13(18)12-5-10(8-16)4-11(6-12)9-17;2*1-6-2-4-7(8)5-3-6;/h6-9,16H,1-5H3;4-8,17-18H,9H2,1-3H3;2*2-5,8H,1H3;/b13-9-;13-7-;;;. The molecule has 0 saturated heterocycles. The van der Waals surface area contributed by atoms with Gasteiger partial charge in [-0.2, -0.15) is 0 Å². The zero-order valence-corrected chi connectivity index (χ0v) is 34.9. The molecule has 0 saturated carbocycles. The molecular weight excluding hydrogens is 736 g/mol. The molecule has 0 spiro atoms. The van der Waals surface area contributed by atoms with Crippen molar-refractivity contribution in [1.29, 1.82) is 0 Å². The number of allylic oxidation sites excluding steroid dienone is 2. The molecule has 55 heavy (non-hydrogen) atoms. The number of rotatable bonds is 8. The summed E-state index contributed by atoms with van der Waals surface area (Å²) < 4.78 is 10.2. The first-order chi connectivity index (χ1) is 25.1. The van der Waals surface area contributed by atoms with Gasteiger partial charge in [0.15, 0.2) is 11.6 Å². The minimum absolute atomic E-state index is 0. The Balaban J connectivity index is 0.000000754. The molecule has 4 aromatic rings. The second kappa shape index (κ2) is 23.6. The summed E-state index contributed by atoms with van der Waals surface area (Å²) >= 11 is 0. The molecule has 0 unspecified atom stereocenters. The van der Waals surface area contributed by atoms with Crippen LogP contribution < -0.4 is 9.47 Å². The summed E-state index contributed by atoms with van der Waals surface area (Å²) in [5, 5.41) is 46.6. The number of hydrogen-bond acceptors (Lipinski definition) is 10. The van der Waals surface area contributed by atoms with Crippen molar-refractivity contribution < 1.29 is 71.1 Å². The van der Waals surface area contributed by atoms with Crippen LogP contribution in [0.5, 0.6) is 23.0 Å². The molecule has 0 radical (unpaired) electrons. The second-order valence-corrected chi connectivity index (χ2v) is 14.3. The van der Waals surface area contributed by atoms with Crippen molar-refractivity contribution in [3.63, 3.8) is 0 Å². The number of phenols is 2. The van der Waals surface area contributed by atoms with Crippen LogP contribution in [0, 0.1) is 24.7 Å². The van der Waals surface area contributed by atoms with E-state index < -0.39 is 10.8 Å². The summed E-state index contributed by atoms with van der Waals surface area (Å²) in [5.41, 5.74) is 2.88. The third-order valence-corrected chi connectivity index (χ3v) is 7.36. The summed E-state index contributed by atoms with van der Waals surface area (Å²) in [6.07, 6.45) is 3.00. The van der Waals surface area contributed by atoms with Gasteiger partial charge in [-0.15, -0.1) is 0 Å². The van der Waals surface area contributed by atoms with Crippen molar-refractivity contribution in [2.24, 2.45) is 10.8 Å². The molecule has 0 heterocycles. The van der Waals surface area contributed by atoms with Gasteiger partial charge < -0.3 is 35.0 Å². The van der Waals surface area contributed by atoms with Gasteiger partial charge >= 0.3 is 0 Å². The minimum atomic E-state index is -0.587. The van der Waals surface area contributed by atoms with Gasteiger partial charge in [-0.3, -0.25) is 14.4 Å². The molecular formula is C44H54O10Ti. The first-order valence-electron chi connectivity index (χ1n) is 17.0. The first kappa shape index (κ1) is 49.8. The number of methoxy groups -OCH3 is 2. The molecule has 0 aliphatic heterocycles. The maximum atomic E-state index is 11.9. The van der Waals surface area contributed by atoms with E-state index in [0.29, 0.717) is 51.5 Å². The van der Waals surface area contributed by atoms with Gasteiger partial charge in [-0.05, 0) is 74.0 Å². The summed E-state index contributed by atoms with van der Waals surface area (Å²) in [5.74, 6) is 1.09. The topological polar surface area (TPSA) is 171 Å². The Morgan fingerprint density at radius 2 is 0.982 bits per heavy atom. The molecule has 0 bridgehead atoms. The number of carbonyl (C=O) groups is 3. The van der Waals surface area contributed by atoms with Crippen molar-refractivity contribution in [3.8, 4) is 23.0 Å². The summed E-state index contributed by atoms with van der Waals surface area (Å²) in [6.45, 7) is 14.4. The van der Waals surface area contributed by atoms with Gasteiger partial charge in [0.25, 0.3) is 0 Å². The van der Waals surface area contributed by atoms with Crippen LogP contribution in [0.4, 0.5) is 0 Å². The van der Waals surface area contributed by atoms with Crippen LogP contribution in [0.3, 0.4) is 0 Å². The maximum absolute atomic E-state index is 11.9. The van der Waals surface area contributed by atoms with Crippen LogP contribution in [0.1, 0.15) is 79.7 Å². The van der Waals surface area contributed by atoms with E-state index in [4.69, 9.17) is 24.8 Å². The molecule has 294 valence electrons. The van der Waals surface area contributed by atoms with Crippen LogP contribution in [-0.2, 0) is 37.9 Å². The van der Waals surface area contributed by atoms with Gasteiger partial charge in [0.05, 0.1) is 20.8 Å². The fourth-order valence-electron chi connectivity index (χ4n) is 3.92. The largest absolute Gasteiger partial charge is 0.508 e. The number of benzene rings is 4. The van der Waals surface area contributed by atoms with Crippen molar-refractivity contribution in [2.45, 2.75) is 62.0 Å². The normalized spacial score (nSPS) is 11.1. The number of aromatic hydroxyl groups is 2. The Morgan fingerprint density at radius 1 is 0.618 bits per heavy atom. The predicted molar refractivity (Wildman–Crippen MR) is 213 cm³/mol. The Kier molecular flexibility index (Phi) is 21.4. The van der Waals surface area contributed by atoms with E-state index >= 15 is 0 Å². The number of aliphatic hydroxyl groups excluding tert-OH is 3. The summed E-state index contributed by atoms with van der Waals surface area (Å²) in [6, 6.07) is 23.7. The maximum Gasteiger partial charge on any atom is 0.164 e. The monoisotopic (exact) mass is 790 g/mol.